The molecule has 0 spiro atoms. The van der Waals surface area contributed by atoms with Gasteiger partial charge in [0.15, 0.2) is 0 Å². The largest absolute Gasteiger partial charge is 0.490 e. The van der Waals surface area contributed by atoms with Crippen LogP contribution < -0.4 is 4.74 Å². The number of nitrogens with zero attached hydrogens (tertiary/aromatic N) is 2. The van der Waals surface area contributed by atoms with Crippen LogP contribution in [0.5, 0.6) is 5.75 Å². The third-order valence-electron chi connectivity index (χ3n) is 3.85. The zero-order chi connectivity index (χ0) is 16.4. The third-order valence-corrected chi connectivity index (χ3v) is 4.72. The second-order valence-electron chi connectivity index (χ2n) is 5.54. The normalized spacial score (nSPS) is 12.5. The highest BCUT2D eigenvalue weighted by Gasteiger charge is 2.12. The quantitative estimate of drug-likeness (QED) is 0.565. The lowest BCUT2D eigenvalue weighted by molar-refractivity contribution is 0.0936. The van der Waals surface area contributed by atoms with Gasteiger partial charge in [0.1, 0.15) is 24.3 Å². The van der Waals surface area contributed by atoms with Gasteiger partial charge in [-0.15, -0.1) is 11.3 Å². The van der Waals surface area contributed by atoms with E-state index in [-0.39, 0.29) is 6.61 Å². The number of fused-ring (bicyclic) bond motifs is 1. The molecule has 0 radical (unpaired) electrons. The maximum absolute atomic E-state index is 10.3. The van der Waals surface area contributed by atoms with E-state index in [9.17, 15) is 5.11 Å². The van der Waals surface area contributed by atoms with Crippen molar-refractivity contribution in [1.82, 2.24) is 14.5 Å². The van der Waals surface area contributed by atoms with Gasteiger partial charge in [0.2, 0.25) is 0 Å². The zero-order valence-electron chi connectivity index (χ0n) is 12.9. The molecule has 0 saturated heterocycles. The Hall–Kier alpha value is -2.57. The number of aliphatic hydroxyl groups is 1. The number of imidazole rings is 1. The number of hydrogen-bond acceptors (Lipinski definition) is 4. The Morgan fingerprint density at radius 3 is 3.08 bits per heavy atom. The Bertz CT molecular complexity index is 927. The molecule has 122 valence electrons. The van der Waals surface area contributed by atoms with E-state index in [0.29, 0.717) is 6.54 Å². The van der Waals surface area contributed by atoms with Crippen molar-refractivity contribution in [3.05, 3.63) is 60.4 Å². The van der Waals surface area contributed by atoms with E-state index < -0.39 is 6.10 Å². The lowest BCUT2D eigenvalue weighted by atomic mass is 10.2. The highest BCUT2D eigenvalue weighted by molar-refractivity contribution is 7.13. The van der Waals surface area contributed by atoms with E-state index >= 15 is 0 Å². The SMILES string of the molecule is O[C@@H](COc1cccc2[nH]ccc12)Cn1ccnc1-c1cccs1. The van der Waals surface area contributed by atoms with Crippen LogP contribution in [-0.4, -0.2) is 32.4 Å². The number of ether oxygens (including phenoxy) is 1. The molecule has 0 aliphatic carbocycles. The molecule has 1 atom stereocenters. The molecule has 24 heavy (non-hydrogen) atoms. The van der Waals surface area contributed by atoms with Crippen molar-refractivity contribution in [1.29, 1.82) is 0 Å². The number of rotatable bonds is 6. The van der Waals surface area contributed by atoms with Crippen molar-refractivity contribution in [3.63, 3.8) is 0 Å². The molecule has 1 aromatic carbocycles. The van der Waals surface area contributed by atoms with Crippen LogP contribution in [0.25, 0.3) is 21.6 Å². The number of thiophene rings is 1. The summed E-state index contributed by atoms with van der Waals surface area (Å²) in [4.78, 5) is 8.62. The minimum Gasteiger partial charge on any atom is -0.490 e. The lowest BCUT2D eigenvalue weighted by Crippen LogP contribution is -2.23. The third kappa shape index (κ3) is 2.93. The van der Waals surface area contributed by atoms with Crippen LogP contribution in [0.4, 0.5) is 0 Å². The fourth-order valence-electron chi connectivity index (χ4n) is 2.74. The molecule has 4 rings (SSSR count). The Labute approximate surface area is 143 Å². The predicted molar refractivity (Wildman–Crippen MR) is 95.3 cm³/mol. The summed E-state index contributed by atoms with van der Waals surface area (Å²) in [6, 6.07) is 11.8. The summed E-state index contributed by atoms with van der Waals surface area (Å²) in [6.45, 7) is 0.669. The first kappa shape index (κ1) is 15.0. The summed E-state index contributed by atoms with van der Waals surface area (Å²) < 4.78 is 7.77. The highest BCUT2D eigenvalue weighted by Crippen LogP contribution is 2.25. The molecule has 0 aliphatic heterocycles. The van der Waals surface area contributed by atoms with Gasteiger partial charge in [-0.2, -0.15) is 0 Å². The Morgan fingerprint density at radius 2 is 2.21 bits per heavy atom. The van der Waals surface area contributed by atoms with Gasteiger partial charge in [-0.25, -0.2) is 4.98 Å². The second kappa shape index (κ2) is 6.51. The van der Waals surface area contributed by atoms with Crippen LogP contribution >= 0.6 is 11.3 Å². The summed E-state index contributed by atoms with van der Waals surface area (Å²) in [6.07, 6.45) is 4.90. The van der Waals surface area contributed by atoms with Gasteiger partial charge in [-0.05, 0) is 29.6 Å². The average Bonchev–Trinajstić information content (AvgIpc) is 3.32. The molecule has 0 aliphatic rings. The monoisotopic (exact) mass is 339 g/mol. The van der Waals surface area contributed by atoms with Gasteiger partial charge in [0, 0.05) is 29.5 Å². The van der Waals surface area contributed by atoms with Crippen molar-refractivity contribution >= 4 is 22.2 Å². The fourth-order valence-corrected chi connectivity index (χ4v) is 3.47. The van der Waals surface area contributed by atoms with Gasteiger partial charge in [-0.1, -0.05) is 12.1 Å². The molecule has 3 aromatic heterocycles. The molecule has 0 fully saturated rings. The van der Waals surface area contributed by atoms with Crippen LogP contribution in [0, 0.1) is 0 Å². The number of benzene rings is 1. The molecular weight excluding hydrogens is 322 g/mol. The number of H-pyrrole nitrogens is 1. The van der Waals surface area contributed by atoms with Crippen molar-refractivity contribution < 1.29 is 9.84 Å². The summed E-state index contributed by atoms with van der Waals surface area (Å²) in [5.41, 5.74) is 1.02. The van der Waals surface area contributed by atoms with E-state index in [2.05, 4.69) is 9.97 Å². The minimum atomic E-state index is -0.618. The van der Waals surface area contributed by atoms with Gasteiger partial charge in [0.05, 0.1) is 11.4 Å². The Balaban J connectivity index is 1.44. The average molecular weight is 339 g/mol. The topological polar surface area (TPSA) is 63.1 Å². The van der Waals surface area contributed by atoms with Crippen molar-refractivity contribution in [3.8, 4) is 16.5 Å². The standard InChI is InChI=1S/C18H17N3O2S/c22-13(11-21-9-8-20-18(21)17-5-2-10-24-17)12-23-16-4-1-3-15-14(16)6-7-19-15/h1-10,13,19,22H,11-12H2/t13-/m1/s1. The molecule has 2 N–H and O–H groups in total. The summed E-state index contributed by atoms with van der Waals surface area (Å²) >= 11 is 1.63. The predicted octanol–water partition coefficient (Wildman–Crippen LogP) is 3.53. The van der Waals surface area contributed by atoms with Crippen LogP contribution in [-0.2, 0) is 6.54 Å². The van der Waals surface area contributed by atoms with Crippen LogP contribution in [0.15, 0.2) is 60.4 Å². The molecule has 0 saturated carbocycles. The van der Waals surface area contributed by atoms with E-state index in [1.165, 1.54) is 0 Å². The van der Waals surface area contributed by atoms with Crippen molar-refractivity contribution in [2.24, 2.45) is 0 Å². The van der Waals surface area contributed by atoms with Crippen LogP contribution in [0.2, 0.25) is 0 Å². The maximum atomic E-state index is 10.3. The summed E-state index contributed by atoms with van der Waals surface area (Å²) in [5, 5.41) is 13.4. The second-order valence-corrected chi connectivity index (χ2v) is 6.49. The number of aliphatic hydroxyl groups excluding tert-OH is 1. The number of hydrogen-bond donors (Lipinski definition) is 2. The molecule has 0 bridgehead atoms. The number of aromatic nitrogens is 3. The van der Waals surface area contributed by atoms with E-state index in [1.54, 1.807) is 17.5 Å². The van der Waals surface area contributed by atoms with E-state index in [1.807, 2.05) is 58.7 Å². The van der Waals surface area contributed by atoms with Crippen LogP contribution in [0.1, 0.15) is 0 Å². The zero-order valence-corrected chi connectivity index (χ0v) is 13.7. The number of aromatic amines is 1. The molecular formula is C18H17N3O2S. The molecule has 6 heteroatoms. The molecule has 0 unspecified atom stereocenters. The Morgan fingerprint density at radius 1 is 1.25 bits per heavy atom. The number of nitrogens with one attached hydrogen (secondary N) is 1. The molecule has 3 heterocycles. The maximum Gasteiger partial charge on any atom is 0.150 e. The van der Waals surface area contributed by atoms with E-state index in [0.717, 1.165) is 27.4 Å². The fraction of sp³-hybridized carbons (Fsp3) is 0.167. The van der Waals surface area contributed by atoms with Gasteiger partial charge < -0.3 is 19.4 Å². The summed E-state index contributed by atoms with van der Waals surface area (Å²) in [7, 11) is 0. The van der Waals surface area contributed by atoms with E-state index in [4.69, 9.17) is 4.74 Å². The first-order valence-corrected chi connectivity index (χ1v) is 8.61. The lowest BCUT2D eigenvalue weighted by Gasteiger charge is -2.15. The van der Waals surface area contributed by atoms with Crippen molar-refractivity contribution in [2.45, 2.75) is 12.6 Å². The first-order chi connectivity index (χ1) is 11.8. The van der Waals surface area contributed by atoms with Crippen LogP contribution in [0.3, 0.4) is 0 Å². The smallest absolute Gasteiger partial charge is 0.150 e. The van der Waals surface area contributed by atoms with Gasteiger partial charge in [0.25, 0.3) is 0 Å². The highest BCUT2D eigenvalue weighted by atomic mass is 32.1. The first-order valence-electron chi connectivity index (χ1n) is 7.73. The molecule has 0 amide bonds. The molecule has 4 aromatic rings. The van der Waals surface area contributed by atoms with Gasteiger partial charge >= 0.3 is 0 Å². The summed E-state index contributed by atoms with van der Waals surface area (Å²) in [5.74, 6) is 1.65. The molecule has 5 nitrogen and oxygen atoms in total. The van der Waals surface area contributed by atoms with Crippen molar-refractivity contribution in [2.75, 3.05) is 6.61 Å². The minimum absolute atomic E-state index is 0.229. The van der Waals surface area contributed by atoms with Gasteiger partial charge in [-0.3, -0.25) is 0 Å². The Kier molecular flexibility index (Phi) is 4.06.